The monoisotopic (exact) mass is 96.1 g/mol. The number of nitrogens with one attached hydrogen (secondary N) is 1. The normalized spacial score (nSPS) is 25.1. The fourth-order valence-corrected chi connectivity index (χ4v) is 0.682. The van der Waals surface area contributed by atoms with Gasteiger partial charge in [0.1, 0.15) is 0 Å². The number of rotatable bonds is 0. The molecule has 1 saturated heterocycles. The van der Waals surface area contributed by atoms with Gasteiger partial charge in [-0.15, -0.1) is 0 Å². The third-order valence-corrected chi connectivity index (χ3v) is 1.15. The number of hydrogen-bond donors (Lipinski definition) is 1. The molecule has 1 heterocycles. The lowest BCUT2D eigenvalue weighted by atomic mass is 10.2. The topological polar surface area (TPSA) is 15.3 Å². The molecule has 3 heteroatoms. The highest BCUT2D eigenvalue weighted by Gasteiger charge is 2.00. The molecule has 0 unspecified atom stereocenters. The lowest BCUT2D eigenvalue weighted by molar-refractivity contribution is 0.383. The second-order valence-corrected chi connectivity index (χ2v) is 1.79. The zero-order valence-electron chi connectivity index (χ0n) is 4.35. The molecular weight excluding hydrogens is 86.9 g/mol. The van der Waals surface area contributed by atoms with Crippen LogP contribution < -0.4 is 5.32 Å². The maximum Gasteiger partial charge on any atom is 0.182 e. The van der Waals surface area contributed by atoms with Gasteiger partial charge in [0.2, 0.25) is 0 Å². The molecule has 0 amide bonds. The highest BCUT2D eigenvalue weighted by Crippen LogP contribution is 1.81. The van der Waals surface area contributed by atoms with Gasteiger partial charge >= 0.3 is 0 Å². The Morgan fingerprint density at radius 1 is 1.29 bits per heavy atom. The van der Waals surface area contributed by atoms with Crippen LogP contribution >= 0.6 is 0 Å². The molecule has 0 aromatic rings. The molecule has 1 fully saturated rings. The first-order valence-corrected chi connectivity index (χ1v) is 2.60. The van der Waals surface area contributed by atoms with Gasteiger partial charge in [-0.1, -0.05) is 0 Å². The Hall–Kier alpha value is -0.0151. The number of nitrogens with zero attached hydrogens (tertiary/aromatic N) is 1. The van der Waals surface area contributed by atoms with Gasteiger partial charge in [-0.2, -0.15) is 0 Å². The lowest BCUT2D eigenvalue weighted by Crippen LogP contribution is -2.41. The average molecular weight is 95.9 g/mol. The molecule has 1 aliphatic heterocycles. The predicted molar refractivity (Wildman–Crippen MR) is 30.2 cm³/mol. The van der Waals surface area contributed by atoms with Crippen molar-refractivity contribution in [2.24, 2.45) is 0 Å². The van der Waals surface area contributed by atoms with Gasteiger partial charge in [-0.3, -0.25) is 0 Å². The molecule has 0 atom stereocenters. The molecule has 0 aromatic heterocycles. The van der Waals surface area contributed by atoms with Crippen LogP contribution in [0.5, 0.6) is 0 Å². The molecule has 2 radical (unpaired) electrons. The van der Waals surface area contributed by atoms with Crippen molar-refractivity contribution < 1.29 is 0 Å². The molecule has 0 spiro atoms. The van der Waals surface area contributed by atoms with Gasteiger partial charge in [0.25, 0.3) is 0 Å². The minimum Gasteiger partial charge on any atom is -0.351 e. The first-order chi connectivity index (χ1) is 3.39. The summed E-state index contributed by atoms with van der Waals surface area (Å²) in [6.07, 6.45) is 0. The smallest absolute Gasteiger partial charge is 0.182 e. The van der Waals surface area contributed by atoms with E-state index in [1.165, 1.54) is 0 Å². The maximum absolute atomic E-state index is 5.43. The third-order valence-electron chi connectivity index (χ3n) is 1.15. The summed E-state index contributed by atoms with van der Waals surface area (Å²) >= 11 is 0. The molecule has 2 nitrogen and oxygen atoms in total. The van der Waals surface area contributed by atoms with E-state index in [0.717, 1.165) is 26.2 Å². The van der Waals surface area contributed by atoms with E-state index in [4.69, 9.17) is 7.98 Å². The first-order valence-electron chi connectivity index (χ1n) is 2.60. The van der Waals surface area contributed by atoms with Crippen molar-refractivity contribution in [1.82, 2.24) is 10.1 Å². The van der Waals surface area contributed by atoms with Crippen molar-refractivity contribution in [2.45, 2.75) is 0 Å². The lowest BCUT2D eigenvalue weighted by Gasteiger charge is -2.22. The zero-order chi connectivity index (χ0) is 5.11. The summed E-state index contributed by atoms with van der Waals surface area (Å²) in [5.74, 6) is 0. The van der Waals surface area contributed by atoms with E-state index >= 15 is 0 Å². The molecule has 0 bridgehead atoms. The van der Waals surface area contributed by atoms with Crippen molar-refractivity contribution in [3.63, 3.8) is 0 Å². The Morgan fingerprint density at radius 2 is 1.86 bits per heavy atom. The van der Waals surface area contributed by atoms with Crippen LogP contribution in [0.3, 0.4) is 0 Å². The molecule has 0 saturated carbocycles. The quantitative estimate of drug-likeness (QED) is 0.388. The summed E-state index contributed by atoms with van der Waals surface area (Å²) in [7, 11) is 5.43. The number of hydrogen-bond acceptors (Lipinski definition) is 2. The van der Waals surface area contributed by atoms with Crippen molar-refractivity contribution in [3.8, 4) is 0 Å². The van der Waals surface area contributed by atoms with Crippen LogP contribution in [-0.4, -0.2) is 39.0 Å². The summed E-state index contributed by atoms with van der Waals surface area (Å²) in [5.41, 5.74) is 0. The third kappa shape index (κ3) is 1.49. The van der Waals surface area contributed by atoms with Crippen molar-refractivity contribution in [1.29, 1.82) is 0 Å². The van der Waals surface area contributed by atoms with Gasteiger partial charge < -0.3 is 10.1 Å². The van der Waals surface area contributed by atoms with E-state index in [1.807, 2.05) is 4.81 Å². The Balaban J connectivity index is 2.12. The maximum atomic E-state index is 5.43. The van der Waals surface area contributed by atoms with Crippen molar-refractivity contribution in [2.75, 3.05) is 26.2 Å². The minimum absolute atomic E-state index is 0.986. The molecule has 0 aromatic carbocycles. The van der Waals surface area contributed by atoms with Crippen LogP contribution in [0.2, 0.25) is 0 Å². The standard InChI is InChI=1S/C4H9BN2/c5-7-3-1-6-2-4-7/h6H,1-4H2. The second-order valence-electron chi connectivity index (χ2n) is 1.79. The van der Waals surface area contributed by atoms with E-state index in [1.54, 1.807) is 0 Å². The molecule has 7 heavy (non-hydrogen) atoms. The fraction of sp³-hybridized carbons (Fsp3) is 1.00. The van der Waals surface area contributed by atoms with Crippen LogP contribution in [0.1, 0.15) is 0 Å². The molecule has 1 aliphatic rings. The van der Waals surface area contributed by atoms with E-state index < -0.39 is 0 Å². The molecule has 38 valence electrons. The van der Waals surface area contributed by atoms with Crippen LogP contribution in [0, 0.1) is 0 Å². The SMILES string of the molecule is [B]N1CCNCC1. The second kappa shape index (κ2) is 2.33. The van der Waals surface area contributed by atoms with Crippen LogP contribution in [0.15, 0.2) is 0 Å². The fourth-order valence-electron chi connectivity index (χ4n) is 0.682. The summed E-state index contributed by atoms with van der Waals surface area (Å²) in [6.45, 7) is 4.05. The van der Waals surface area contributed by atoms with Crippen molar-refractivity contribution in [3.05, 3.63) is 0 Å². The van der Waals surface area contributed by atoms with Gasteiger partial charge in [0.15, 0.2) is 7.98 Å². The van der Waals surface area contributed by atoms with E-state index in [-0.39, 0.29) is 0 Å². The molecular formula is C4H9BN2. The number of piperazine rings is 1. The average Bonchev–Trinajstić information content (AvgIpc) is 1.69. The summed E-state index contributed by atoms with van der Waals surface area (Å²) < 4.78 is 0. The van der Waals surface area contributed by atoms with Gasteiger partial charge in [-0.05, 0) is 13.1 Å². The Morgan fingerprint density at radius 3 is 2.14 bits per heavy atom. The minimum atomic E-state index is 0.986. The van der Waals surface area contributed by atoms with Crippen LogP contribution in [-0.2, 0) is 0 Å². The van der Waals surface area contributed by atoms with Crippen LogP contribution in [0.4, 0.5) is 0 Å². The highest BCUT2D eigenvalue weighted by molar-refractivity contribution is 6.04. The van der Waals surface area contributed by atoms with Crippen molar-refractivity contribution >= 4 is 7.98 Å². The molecule has 1 rings (SSSR count). The van der Waals surface area contributed by atoms with Gasteiger partial charge in [0.05, 0.1) is 0 Å². The van der Waals surface area contributed by atoms with E-state index in [0.29, 0.717) is 0 Å². The highest BCUT2D eigenvalue weighted by atomic mass is 15.1. The van der Waals surface area contributed by atoms with Gasteiger partial charge in [-0.25, -0.2) is 0 Å². The Labute approximate surface area is 45.3 Å². The first kappa shape index (κ1) is 5.13. The summed E-state index contributed by atoms with van der Waals surface area (Å²) in [6, 6.07) is 0. The molecule has 1 N–H and O–H groups in total. The van der Waals surface area contributed by atoms with E-state index in [9.17, 15) is 0 Å². The largest absolute Gasteiger partial charge is 0.351 e. The summed E-state index contributed by atoms with van der Waals surface area (Å²) in [5, 5.41) is 3.19. The predicted octanol–water partition coefficient (Wildman–Crippen LogP) is -1.02. The summed E-state index contributed by atoms with van der Waals surface area (Å²) in [4.78, 5) is 1.83. The Bertz CT molecular complexity index is 51.7. The van der Waals surface area contributed by atoms with Crippen LogP contribution in [0.25, 0.3) is 0 Å². The van der Waals surface area contributed by atoms with E-state index in [2.05, 4.69) is 5.32 Å². The van der Waals surface area contributed by atoms with Gasteiger partial charge in [0, 0.05) is 13.1 Å². The Kier molecular flexibility index (Phi) is 1.71. The zero-order valence-corrected chi connectivity index (χ0v) is 4.35. The molecule has 0 aliphatic carbocycles.